The summed E-state index contributed by atoms with van der Waals surface area (Å²) in [4.78, 5) is 0. The van der Waals surface area contributed by atoms with E-state index < -0.39 is 12.2 Å². The lowest BCUT2D eigenvalue weighted by atomic mass is 9.84. The molecule has 0 saturated heterocycles. The van der Waals surface area contributed by atoms with Crippen molar-refractivity contribution < 1.29 is 15.3 Å². The molecule has 0 aromatic rings. The zero-order chi connectivity index (χ0) is 8.27. The van der Waals surface area contributed by atoms with E-state index in [0.717, 1.165) is 12.8 Å². The molecule has 3 atom stereocenters. The van der Waals surface area contributed by atoms with Crippen molar-refractivity contribution in [1.29, 1.82) is 0 Å². The molecular formula is C8H16O3. The van der Waals surface area contributed by atoms with E-state index in [1.54, 1.807) is 0 Å². The Morgan fingerprint density at radius 3 is 2.36 bits per heavy atom. The van der Waals surface area contributed by atoms with Gasteiger partial charge in [-0.25, -0.2) is 0 Å². The third-order valence-corrected chi connectivity index (χ3v) is 2.43. The minimum absolute atomic E-state index is 0.188. The Morgan fingerprint density at radius 1 is 1.09 bits per heavy atom. The second kappa shape index (κ2) is 4.04. The highest BCUT2D eigenvalue weighted by molar-refractivity contribution is 4.78. The largest absolute Gasteiger partial charge is 0.396 e. The third-order valence-electron chi connectivity index (χ3n) is 2.43. The SMILES string of the molecule is OCCC1CCC(O)C(O)C1. The summed E-state index contributed by atoms with van der Waals surface area (Å²) < 4.78 is 0. The molecule has 1 saturated carbocycles. The number of aliphatic hydroxyl groups excluding tert-OH is 3. The maximum Gasteiger partial charge on any atom is 0.0801 e. The fraction of sp³-hybridized carbons (Fsp3) is 1.00. The van der Waals surface area contributed by atoms with Gasteiger partial charge in [0.05, 0.1) is 12.2 Å². The molecule has 1 aliphatic carbocycles. The number of rotatable bonds is 2. The van der Waals surface area contributed by atoms with Gasteiger partial charge in [-0.15, -0.1) is 0 Å². The molecule has 11 heavy (non-hydrogen) atoms. The first-order valence-electron chi connectivity index (χ1n) is 4.21. The predicted molar refractivity (Wildman–Crippen MR) is 41.1 cm³/mol. The van der Waals surface area contributed by atoms with Crippen molar-refractivity contribution in [3.8, 4) is 0 Å². The minimum Gasteiger partial charge on any atom is -0.396 e. The molecule has 0 aliphatic heterocycles. The number of aliphatic hydroxyl groups is 3. The predicted octanol–water partition coefficient (Wildman–Crippen LogP) is -0.109. The van der Waals surface area contributed by atoms with Crippen molar-refractivity contribution in [3.05, 3.63) is 0 Å². The molecule has 0 bridgehead atoms. The normalized spacial score (nSPS) is 39.0. The van der Waals surface area contributed by atoms with Gasteiger partial charge in [0, 0.05) is 6.61 Å². The fourth-order valence-electron chi connectivity index (χ4n) is 1.66. The average molecular weight is 160 g/mol. The molecule has 3 nitrogen and oxygen atoms in total. The van der Waals surface area contributed by atoms with Crippen LogP contribution >= 0.6 is 0 Å². The average Bonchev–Trinajstić information content (AvgIpc) is 1.98. The van der Waals surface area contributed by atoms with Crippen LogP contribution in [0.2, 0.25) is 0 Å². The molecule has 1 aliphatic rings. The molecule has 66 valence electrons. The quantitative estimate of drug-likeness (QED) is 0.528. The lowest BCUT2D eigenvalue weighted by Gasteiger charge is -2.29. The van der Waals surface area contributed by atoms with E-state index in [1.165, 1.54) is 0 Å². The molecule has 0 radical (unpaired) electrons. The Kier molecular flexibility index (Phi) is 3.30. The van der Waals surface area contributed by atoms with Crippen LogP contribution in [0.15, 0.2) is 0 Å². The molecule has 1 rings (SSSR count). The van der Waals surface area contributed by atoms with Gasteiger partial charge >= 0.3 is 0 Å². The van der Waals surface area contributed by atoms with Gasteiger partial charge in [0.15, 0.2) is 0 Å². The highest BCUT2D eigenvalue weighted by Crippen LogP contribution is 2.26. The molecule has 3 N–H and O–H groups in total. The molecule has 0 heterocycles. The minimum atomic E-state index is -0.569. The van der Waals surface area contributed by atoms with Gasteiger partial charge in [-0.2, -0.15) is 0 Å². The smallest absolute Gasteiger partial charge is 0.0801 e. The Labute approximate surface area is 66.7 Å². The van der Waals surface area contributed by atoms with Crippen molar-refractivity contribution in [3.63, 3.8) is 0 Å². The van der Waals surface area contributed by atoms with Gasteiger partial charge in [0.1, 0.15) is 0 Å². The molecule has 3 heteroatoms. The van der Waals surface area contributed by atoms with Crippen LogP contribution in [-0.4, -0.2) is 34.1 Å². The first kappa shape index (κ1) is 8.97. The van der Waals surface area contributed by atoms with Crippen LogP contribution in [0.1, 0.15) is 25.7 Å². The van der Waals surface area contributed by atoms with Crippen molar-refractivity contribution in [1.82, 2.24) is 0 Å². The first-order valence-corrected chi connectivity index (χ1v) is 4.21. The lowest BCUT2D eigenvalue weighted by molar-refractivity contribution is -0.0283. The molecular weight excluding hydrogens is 144 g/mol. The van der Waals surface area contributed by atoms with Crippen LogP contribution in [0.25, 0.3) is 0 Å². The van der Waals surface area contributed by atoms with Crippen molar-refractivity contribution >= 4 is 0 Å². The van der Waals surface area contributed by atoms with Crippen LogP contribution in [0.3, 0.4) is 0 Å². The number of hydrogen-bond donors (Lipinski definition) is 3. The monoisotopic (exact) mass is 160 g/mol. The zero-order valence-electron chi connectivity index (χ0n) is 6.61. The van der Waals surface area contributed by atoms with Crippen LogP contribution in [0.4, 0.5) is 0 Å². The standard InChI is InChI=1S/C8H16O3/c9-4-3-6-1-2-7(10)8(11)5-6/h6-11H,1-5H2. The topological polar surface area (TPSA) is 60.7 Å². The van der Waals surface area contributed by atoms with Gasteiger partial charge in [-0.05, 0) is 31.6 Å². The molecule has 3 unspecified atom stereocenters. The van der Waals surface area contributed by atoms with Gasteiger partial charge in [-0.1, -0.05) is 0 Å². The summed E-state index contributed by atoms with van der Waals surface area (Å²) in [7, 11) is 0. The van der Waals surface area contributed by atoms with E-state index in [2.05, 4.69) is 0 Å². The summed E-state index contributed by atoms with van der Waals surface area (Å²) in [5.41, 5.74) is 0. The van der Waals surface area contributed by atoms with Gasteiger partial charge < -0.3 is 15.3 Å². The molecule has 0 aromatic carbocycles. The van der Waals surface area contributed by atoms with E-state index in [1.807, 2.05) is 0 Å². The van der Waals surface area contributed by atoms with Gasteiger partial charge in [-0.3, -0.25) is 0 Å². The van der Waals surface area contributed by atoms with Gasteiger partial charge in [0.25, 0.3) is 0 Å². The summed E-state index contributed by atoms with van der Waals surface area (Å²) >= 11 is 0. The maximum absolute atomic E-state index is 9.24. The van der Waals surface area contributed by atoms with E-state index in [-0.39, 0.29) is 6.61 Å². The number of hydrogen-bond acceptors (Lipinski definition) is 3. The first-order chi connectivity index (χ1) is 5.24. The molecule has 0 spiro atoms. The van der Waals surface area contributed by atoms with E-state index >= 15 is 0 Å². The highest BCUT2D eigenvalue weighted by Gasteiger charge is 2.26. The van der Waals surface area contributed by atoms with E-state index in [4.69, 9.17) is 10.2 Å². The molecule has 1 fully saturated rings. The molecule has 0 amide bonds. The van der Waals surface area contributed by atoms with Crippen molar-refractivity contribution in [2.75, 3.05) is 6.61 Å². The summed E-state index contributed by atoms with van der Waals surface area (Å²) in [6.45, 7) is 0.188. The van der Waals surface area contributed by atoms with Crippen molar-refractivity contribution in [2.24, 2.45) is 5.92 Å². The second-order valence-electron chi connectivity index (χ2n) is 3.33. The highest BCUT2D eigenvalue weighted by atomic mass is 16.3. The van der Waals surface area contributed by atoms with Gasteiger partial charge in [0.2, 0.25) is 0 Å². The summed E-state index contributed by atoms with van der Waals surface area (Å²) in [6, 6.07) is 0. The van der Waals surface area contributed by atoms with E-state index in [9.17, 15) is 5.11 Å². The zero-order valence-corrected chi connectivity index (χ0v) is 6.61. The fourth-order valence-corrected chi connectivity index (χ4v) is 1.66. The summed E-state index contributed by atoms with van der Waals surface area (Å²) in [5.74, 6) is 0.401. The van der Waals surface area contributed by atoms with Crippen molar-refractivity contribution in [2.45, 2.75) is 37.9 Å². The lowest BCUT2D eigenvalue weighted by Crippen LogP contribution is -2.33. The molecule has 0 aromatic heterocycles. The summed E-state index contributed by atoms with van der Waals surface area (Å²) in [6.07, 6.45) is 1.89. The van der Waals surface area contributed by atoms with Crippen LogP contribution in [0.5, 0.6) is 0 Å². The van der Waals surface area contributed by atoms with Crippen LogP contribution in [-0.2, 0) is 0 Å². The Morgan fingerprint density at radius 2 is 1.82 bits per heavy atom. The Bertz CT molecular complexity index is 116. The van der Waals surface area contributed by atoms with Crippen LogP contribution < -0.4 is 0 Å². The summed E-state index contributed by atoms with van der Waals surface area (Å²) in [5, 5.41) is 27.0. The van der Waals surface area contributed by atoms with Crippen LogP contribution in [0, 0.1) is 5.92 Å². The maximum atomic E-state index is 9.24. The second-order valence-corrected chi connectivity index (χ2v) is 3.33. The Balaban J connectivity index is 2.28. The Hall–Kier alpha value is -0.120. The third kappa shape index (κ3) is 2.43. The van der Waals surface area contributed by atoms with E-state index in [0.29, 0.717) is 18.8 Å².